The Morgan fingerprint density at radius 3 is 2.67 bits per heavy atom. The standard InChI is InChI=1S/C10H9F2NO2/c11-8-5-6(2-1-3-13)4-7(9(8)12)10(14)15/h1-2,4-5H,3,13H2,(H,14,15)/b2-1+. The highest BCUT2D eigenvalue weighted by molar-refractivity contribution is 5.88. The van der Waals surface area contributed by atoms with E-state index in [1.54, 1.807) is 0 Å². The van der Waals surface area contributed by atoms with Crippen molar-refractivity contribution in [3.8, 4) is 0 Å². The Balaban J connectivity index is 3.23. The minimum absolute atomic E-state index is 0.238. The first-order valence-corrected chi connectivity index (χ1v) is 4.15. The zero-order chi connectivity index (χ0) is 11.4. The van der Waals surface area contributed by atoms with Crippen molar-refractivity contribution in [2.45, 2.75) is 0 Å². The molecule has 0 amide bonds. The molecule has 0 aromatic heterocycles. The van der Waals surface area contributed by atoms with Crippen LogP contribution in [0.15, 0.2) is 18.2 Å². The minimum atomic E-state index is -1.51. The van der Waals surface area contributed by atoms with Crippen LogP contribution < -0.4 is 5.73 Å². The van der Waals surface area contributed by atoms with Crippen molar-refractivity contribution in [1.29, 1.82) is 0 Å². The van der Waals surface area contributed by atoms with E-state index in [1.807, 2.05) is 0 Å². The van der Waals surface area contributed by atoms with Gasteiger partial charge in [-0.2, -0.15) is 0 Å². The topological polar surface area (TPSA) is 63.3 Å². The molecule has 15 heavy (non-hydrogen) atoms. The molecule has 0 atom stereocenters. The molecule has 3 nitrogen and oxygen atoms in total. The molecule has 0 spiro atoms. The summed E-state index contributed by atoms with van der Waals surface area (Å²) in [6, 6.07) is 1.96. The van der Waals surface area contributed by atoms with E-state index in [9.17, 15) is 13.6 Å². The van der Waals surface area contributed by atoms with Crippen LogP contribution in [0.4, 0.5) is 8.78 Å². The lowest BCUT2D eigenvalue weighted by molar-refractivity contribution is 0.0690. The average molecular weight is 213 g/mol. The van der Waals surface area contributed by atoms with Crippen LogP contribution in [0.25, 0.3) is 6.08 Å². The second-order valence-corrected chi connectivity index (χ2v) is 2.81. The number of carbonyl (C=O) groups is 1. The fraction of sp³-hybridized carbons (Fsp3) is 0.100. The number of carboxylic acids is 1. The van der Waals surface area contributed by atoms with Crippen molar-refractivity contribution in [2.24, 2.45) is 5.73 Å². The molecule has 5 heteroatoms. The summed E-state index contributed by atoms with van der Waals surface area (Å²) in [5.74, 6) is -4.05. The highest BCUT2D eigenvalue weighted by Gasteiger charge is 2.15. The quantitative estimate of drug-likeness (QED) is 0.802. The summed E-state index contributed by atoms with van der Waals surface area (Å²) >= 11 is 0. The van der Waals surface area contributed by atoms with Crippen LogP contribution in [0.5, 0.6) is 0 Å². The van der Waals surface area contributed by atoms with E-state index in [-0.39, 0.29) is 12.1 Å². The molecule has 0 radical (unpaired) electrons. The van der Waals surface area contributed by atoms with Gasteiger partial charge in [0.25, 0.3) is 0 Å². The molecule has 0 fully saturated rings. The maximum absolute atomic E-state index is 12.9. The van der Waals surface area contributed by atoms with Crippen molar-refractivity contribution in [2.75, 3.05) is 6.54 Å². The summed E-state index contributed by atoms with van der Waals surface area (Å²) in [5.41, 5.74) is 4.74. The van der Waals surface area contributed by atoms with Crippen molar-refractivity contribution in [3.63, 3.8) is 0 Å². The van der Waals surface area contributed by atoms with Crippen LogP contribution in [0.2, 0.25) is 0 Å². The van der Waals surface area contributed by atoms with Crippen LogP contribution in [0, 0.1) is 11.6 Å². The third kappa shape index (κ3) is 2.60. The van der Waals surface area contributed by atoms with Gasteiger partial charge >= 0.3 is 5.97 Å². The summed E-state index contributed by atoms with van der Waals surface area (Å²) < 4.78 is 25.9. The number of halogens is 2. The Morgan fingerprint density at radius 2 is 2.13 bits per heavy atom. The van der Waals surface area contributed by atoms with Crippen LogP contribution >= 0.6 is 0 Å². The third-order valence-corrected chi connectivity index (χ3v) is 1.73. The largest absolute Gasteiger partial charge is 0.478 e. The SMILES string of the molecule is NC/C=C/c1cc(F)c(F)c(C(=O)O)c1. The van der Waals surface area contributed by atoms with Crippen molar-refractivity contribution in [3.05, 3.63) is 41.0 Å². The number of carboxylic acid groups (broad SMARTS) is 1. The van der Waals surface area contributed by atoms with Gasteiger partial charge < -0.3 is 10.8 Å². The monoisotopic (exact) mass is 213 g/mol. The van der Waals surface area contributed by atoms with E-state index in [2.05, 4.69) is 0 Å². The lowest BCUT2D eigenvalue weighted by Gasteiger charge is -2.01. The summed E-state index contributed by atoms with van der Waals surface area (Å²) in [4.78, 5) is 10.5. The first-order chi connectivity index (χ1) is 7.06. The third-order valence-electron chi connectivity index (χ3n) is 1.73. The summed E-state index contributed by atoms with van der Waals surface area (Å²) in [6.45, 7) is 0.238. The van der Waals surface area contributed by atoms with E-state index < -0.39 is 23.2 Å². The predicted octanol–water partition coefficient (Wildman–Crippen LogP) is 1.63. The molecule has 0 saturated heterocycles. The van der Waals surface area contributed by atoms with Crippen molar-refractivity contribution in [1.82, 2.24) is 0 Å². The van der Waals surface area contributed by atoms with Gasteiger partial charge in [-0.1, -0.05) is 12.2 Å². The highest BCUT2D eigenvalue weighted by atomic mass is 19.2. The second-order valence-electron chi connectivity index (χ2n) is 2.81. The van der Waals surface area contributed by atoms with Crippen LogP contribution in [-0.4, -0.2) is 17.6 Å². The molecule has 0 aliphatic rings. The second kappa shape index (κ2) is 4.65. The maximum Gasteiger partial charge on any atom is 0.338 e. The Labute approximate surface area is 84.8 Å². The van der Waals surface area contributed by atoms with Gasteiger partial charge in [-0.3, -0.25) is 0 Å². The predicted molar refractivity (Wildman–Crippen MR) is 51.4 cm³/mol. The molecule has 0 heterocycles. The molecule has 0 aliphatic carbocycles. The smallest absolute Gasteiger partial charge is 0.338 e. The molecule has 0 saturated carbocycles. The molecule has 0 unspecified atom stereocenters. The zero-order valence-corrected chi connectivity index (χ0v) is 7.71. The Morgan fingerprint density at radius 1 is 1.47 bits per heavy atom. The number of hydrogen-bond donors (Lipinski definition) is 2. The van der Waals surface area contributed by atoms with Gasteiger partial charge in [-0.05, 0) is 17.7 Å². The lowest BCUT2D eigenvalue weighted by atomic mass is 10.1. The zero-order valence-electron chi connectivity index (χ0n) is 7.71. The van der Waals surface area contributed by atoms with E-state index in [0.29, 0.717) is 0 Å². The number of aromatic carboxylic acids is 1. The Bertz CT molecular complexity index is 416. The summed E-state index contributed by atoms with van der Waals surface area (Å²) in [6.07, 6.45) is 2.94. The van der Waals surface area contributed by atoms with E-state index in [4.69, 9.17) is 10.8 Å². The number of hydrogen-bond acceptors (Lipinski definition) is 2. The van der Waals surface area contributed by atoms with Gasteiger partial charge in [0.2, 0.25) is 0 Å². The maximum atomic E-state index is 12.9. The normalized spacial score (nSPS) is 10.9. The molecule has 3 N–H and O–H groups in total. The number of rotatable bonds is 3. The molecular formula is C10H9F2NO2. The van der Waals surface area contributed by atoms with E-state index in [0.717, 1.165) is 12.1 Å². The molecule has 80 valence electrons. The fourth-order valence-corrected chi connectivity index (χ4v) is 1.07. The van der Waals surface area contributed by atoms with Crippen LogP contribution in [-0.2, 0) is 0 Å². The van der Waals surface area contributed by atoms with Crippen LogP contribution in [0.3, 0.4) is 0 Å². The minimum Gasteiger partial charge on any atom is -0.478 e. The summed E-state index contributed by atoms with van der Waals surface area (Å²) in [5, 5.41) is 8.58. The molecular weight excluding hydrogens is 204 g/mol. The van der Waals surface area contributed by atoms with Gasteiger partial charge in [-0.25, -0.2) is 13.6 Å². The first kappa shape index (κ1) is 11.3. The van der Waals surface area contributed by atoms with Crippen molar-refractivity contribution >= 4 is 12.0 Å². The van der Waals surface area contributed by atoms with Crippen molar-refractivity contribution < 1.29 is 18.7 Å². The fourth-order valence-electron chi connectivity index (χ4n) is 1.07. The average Bonchev–Trinajstić information content (AvgIpc) is 2.19. The molecule has 0 aliphatic heterocycles. The van der Waals surface area contributed by atoms with Gasteiger partial charge in [0.1, 0.15) is 0 Å². The molecule has 1 aromatic rings. The molecule has 1 aromatic carbocycles. The summed E-state index contributed by atoms with van der Waals surface area (Å²) in [7, 11) is 0. The number of benzene rings is 1. The Hall–Kier alpha value is -1.75. The Kier molecular flexibility index (Phi) is 3.51. The van der Waals surface area contributed by atoms with Gasteiger partial charge in [0.05, 0.1) is 5.56 Å². The lowest BCUT2D eigenvalue weighted by Crippen LogP contribution is -2.03. The van der Waals surface area contributed by atoms with Crippen LogP contribution in [0.1, 0.15) is 15.9 Å². The molecule has 1 rings (SSSR count). The van der Waals surface area contributed by atoms with Gasteiger partial charge in [0, 0.05) is 6.54 Å². The van der Waals surface area contributed by atoms with E-state index in [1.165, 1.54) is 12.2 Å². The molecule has 0 bridgehead atoms. The van der Waals surface area contributed by atoms with Gasteiger partial charge in [0.15, 0.2) is 11.6 Å². The number of nitrogens with two attached hydrogens (primary N) is 1. The first-order valence-electron chi connectivity index (χ1n) is 4.15. The van der Waals surface area contributed by atoms with E-state index >= 15 is 0 Å². The van der Waals surface area contributed by atoms with Gasteiger partial charge in [-0.15, -0.1) is 0 Å². The highest BCUT2D eigenvalue weighted by Crippen LogP contribution is 2.16.